The molecule has 0 bridgehead atoms. The Bertz CT molecular complexity index is 427. The molecule has 0 unspecified atom stereocenters. The molecule has 0 saturated heterocycles. The number of aliphatic hydroxyl groups excluding tert-OH is 1. The zero-order valence-corrected chi connectivity index (χ0v) is 10.9. The number of rotatable bonds is 5. The maximum absolute atomic E-state index is 11.6. The van der Waals surface area contributed by atoms with Gasteiger partial charge in [0.05, 0.1) is 18.3 Å². The number of nitrogens with one attached hydrogen (secondary N) is 1. The number of aliphatic hydroxyl groups is 1. The highest BCUT2D eigenvalue weighted by Gasteiger charge is 2.09. The first-order valence-electron chi connectivity index (χ1n) is 5.88. The third-order valence-electron chi connectivity index (χ3n) is 2.03. The van der Waals surface area contributed by atoms with Crippen LogP contribution in [0, 0.1) is 0 Å². The molecule has 0 aliphatic carbocycles. The fourth-order valence-corrected chi connectivity index (χ4v) is 1.26. The van der Waals surface area contributed by atoms with Gasteiger partial charge in [-0.05, 0) is 38.1 Å². The molecule has 0 atom stereocenters. The van der Waals surface area contributed by atoms with E-state index >= 15 is 0 Å². The van der Waals surface area contributed by atoms with Gasteiger partial charge in [-0.1, -0.05) is 0 Å². The van der Waals surface area contributed by atoms with Crippen molar-refractivity contribution in [2.24, 2.45) is 0 Å². The summed E-state index contributed by atoms with van der Waals surface area (Å²) in [5.74, 6) is -0.413. The molecule has 104 valence electrons. The molecule has 0 radical (unpaired) electrons. The molecule has 1 aromatic rings. The van der Waals surface area contributed by atoms with Gasteiger partial charge in [0.1, 0.15) is 6.61 Å². The van der Waals surface area contributed by atoms with Gasteiger partial charge in [0, 0.05) is 5.69 Å². The minimum Gasteiger partial charge on any atom is -0.459 e. The highest BCUT2D eigenvalue weighted by Crippen LogP contribution is 2.11. The van der Waals surface area contributed by atoms with E-state index < -0.39 is 12.1 Å². The molecule has 0 aliphatic heterocycles. The van der Waals surface area contributed by atoms with E-state index in [1.165, 1.54) is 0 Å². The second kappa shape index (κ2) is 7.38. The van der Waals surface area contributed by atoms with Gasteiger partial charge in [0.15, 0.2) is 0 Å². The lowest BCUT2D eigenvalue weighted by atomic mass is 10.2. The number of ether oxygens (including phenoxy) is 2. The Morgan fingerprint density at radius 2 is 1.89 bits per heavy atom. The van der Waals surface area contributed by atoms with Crippen LogP contribution in [0.2, 0.25) is 0 Å². The largest absolute Gasteiger partial charge is 0.459 e. The molecule has 0 aliphatic rings. The van der Waals surface area contributed by atoms with E-state index in [2.05, 4.69) is 10.1 Å². The van der Waals surface area contributed by atoms with Crippen LogP contribution in [0.3, 0.4) is 0 Å². The van der Waals surface area contributed by atoms with Crippen LogP contribution in [0.5, 0.6) is 0 Å². The van der Waals surface area contributed by atoms with Crippen molar-refractivity contribution in [3.8, 4) is 0 Å². The lowest BCUT2D eigenvalue weighted by Crippen LogP contribution is -2.16. The molecule has 0 spiro atoms. The van der Waals surface area contributed by atoms with Gasteiger partial charge in [-0.2, -0.15) is 0 Å². The maximum Gasteiger partial charge on any atom is 0.411 e. The summed E-state index contributed by atoms with van der Waals surface area (Å²) in [5.41, 5.74) is 0.895. The van der Waals surface area contributed by atoms with Gasteiger partial charge in [-0.3, -0.25) is 5.32 Å². The zero-order chi connectivity index (χ0) is 14.3. The topological polar surface area (TPSA) is 84.9 Å². The SMILES string of the molecule is CC(C)OC(=O)c1ccc(NC(=O)OCCO)cc1. The number of hydrogen-bond acceptors (Lipinski definition) is 5. The Morgan fingerprint density at radius 1 is 1.26 bits per heavy atom. The Hall–Kier alpha value is -2.08. The summed E-state index contributed by atoms with van der Waals surface area (Å²) >= 11 is 0. The summed E-state index contributed by atoms with van der Waals surface area (Å²) in [7, 11) is 0. The number of amides is 1. The summed E-state index contributed by atoms with van der Waals surface area (Å²) < 4.78 is 9.67. The Morgan fingerprint density at radius 3 is 2.42 bits per heavy atom. The quantitative estimate of drug-likeness (QED) is 0.794. The van der Waals surface area contributed by atoms with E-state index in [1.807, 2.05) is 0 Å². The first-order chi connectivity index (χ1) is 9.02. The second-order valence-electron chi connectivity index (χ2n) is 4.02. The maximum atomic E-state index is 11.6. The van der Waals surface area contributed by atoms with Crippen molar-refractivity contribution >= 4 is 17.7 Å². The predicted octanol–water partition coefficient (Wildman–Crippen LogP) is 1.79. The van der Waals surface area contributed by atoms with Crippen LogP contribution in [0.4, 0.5) is 10.5 Å². The fourth-order valence-electron chi connectivity index (χ4n) is 1.26. The molecular formula is C13H17NO5. The molecule has 1 amide bonds. The Kier molecular flexibility index (Phi) is 5.81. The first-order valence-corrected chi connectivity index (χ1v) is 5.88. The molecule has 6 heteroatoms. The summed E-state index contributed by atoms with van der Waals surface area (Å²) in [5, 5.41) is 11.0. The number of benzene rings is 1. The summed E-state index contributed by atoms with van der Waals surface area (Å²) in [6, 6.07) is 6.23. The number of esters is 1. The normalized spacial score (nSPS) is 10.1. The minimum absolute atomic E-state index is 0.0648. The monoisotopic (exact) mass is 267 g/mol. The summed E-state index contributed by atoms with van der Waals surface area (Å²) in [6.45, 7) is 3.24. The van der Waals surface area contributed by atoms with E-state index in [1.54, 1.807) is 38.1 Å². The lowest BCUT2D eigenvalue weighted by Gasteiger charge is -2.09. The molecule has 0 saturated carbocycles. The van der Waals surface area contributed by atoms with Crippen LogP contribution in [0.15, 0.2) is 24.3 Å². The van der Waals surface area contributed by atoms with Crippen molar-refractivity contribution in [3.05, 3.63) is 29.8 Å². The van der Waals surface area contributed by atoms with Crippen LogP contribution in [-0.4, -0.2) is 36.5 Å². The van der Waals surface area contributed by atoms with E-state index in [0.717, 1.165) is 0 Å². The van der Waals surface area contributed by atoms with Crippen molar-refractivity contribution < 1.29 is 24.2 Å². The molecule has 1 rings (SSSR count). The van der Waals surface area contributed by atoms with Gasteiger partial charge in [0.2, 0.25) is 0 Å². The van der Waals surface area contributed by atoms with Gasteiger partial charge in [-0.25, -0.2) is 9.59 Å². The molecule has 19 heavy (non-hydrogen) atoms. The van der Waals surface area contributed by atoms with Gasteiger partial charge >= 0.3 is 12.1 Å². The van der Waals surface area contributed by atoms with Crippen LogP contribution < -0.4 is 5.32 Å². The average Bonchev–Trinajstić information content (AvgIpc) is 2.36. The molecule has 6 nitrogen and oxygen atoms in total. The highest BCUT2D eigenvalue weighted by molar-refractivity contribution is 5.91. The Balaban J connectivity index is 2.56. The van der Waals surface area contributed by atoms with Gasteiger partial charge in [0.25, 0.3) is 0 Å². The Labute approximate surface area is 111 Å². The summed E-state index contributed by atoms with van der Waals surface area (Å²) in [4.78, 5) is 22.8. The van der Waals surface area contributed by atoms with Crippen LogP contribution in [0.1, 0.15) is 24.2 Å². The smallest absolute Gasteiger partial charge is 0.411 e. The third kappa shape index (κ3) is 5.39. The number of hydrogen-bond donors (Lipinski definition) is 2. The standard InChI is InChI=1S/C13H17NO5/c1-9(2)19-12(16)10-3-5-11(6-4-10)14-13(17)18-8-7-15/h3-6,9,15H,7-8H2,1-2H3,(H,14,17). The third-order valence-corrected chi connectivity index (χ3v) is 2.03. The minimum atomic E-state index is -0.661. The number of anilines is 1. The van der Waals surface area contributed by atoms with E-state index in [0.29, 0.717) is 11.3 Å². The molecule has 0 aromatic heterocycles. The molecular weight excluding hydrogens is 250 g/mol. The number of carbonyl (C=O) groups excluding carboxylic acids is 2. The summed E-state index contributed by atoms with van der Waals surface area (Å²) in [6.07, 6.45) is -0.842. The zero-order valence-electron chi connectivity index (χ0n) is 10.9. The van der Waals surface area contributed by atoms with E-state index in [9.17, 15) is 9.59 Å². The molecule has 1 aromatic carbocycles. The molecule has 0 heterocycles. The number of carbonyl (C=O) groups is 2. The highest BCUT2D eigenvalue weighted by atomic mass is 16.6. The molecule has 2 N–H and O–H groups in total. The van der Waals surface area contributed by atoms with Crippen molar-refractivity contribution in [1.82, 2.24) is 0 Å². The fraction of sp³-hybridized carbons (Fsp3) is 0.385. The van der Waals surface area contributed by atoms with E-state index in [-0.39, 0.29) is 19.3 Å². The van der Waals surface area contributed by atoms with Crippen molar-refractivity contribution in [3.63, 3.8) is 0 Å². The molecule has 0 fully saturated rings. The van der Waals surface area contributed by atoms with Gasteiger partial charge in [-0.15, -0.1) is 0 Å². The predicted molar refractivity (Wildman–Crippen MR) is 69.1 cm³/mol. The first kappa shape index (κ1) is 15.0. The second-order valence-corrected chi connectivity index (χ2v) is 4.02. The van der Waals surface area contributed by atoms with E-state index in [4.69, 9.17) is 9.84 Å². The van der Waals surface area contributed by atoms with Crippen molar-refractivity contribution in [1.29, 1.82) is 0 Å². The van der Waals surface area contributed by atoms with Crippen molar-refractivity contribution in [2.75, 3.05) is 18.5 Å². The van der Waals surface area contributed by atoms with Gasteiger partial charge < -0.3 is 14.6 Å². The van der Waals surface area contributed by atoms with Crippen LogP contribution in [0.25, 0.3) is 0 Å². The van der Waals surface area contributed by atoms with Crippen LogP contribution in [-0.2, 0) is 9.47 Å². The van der Waals surface area contributed by atoms with Crippen LogP contribution >= 0.6 is 0 Å². The average molecular weight is 267 g/mol. The lowest BCUT2D eigenvalue weighted by molar-refractivity contribution is 0.0378. The van der Waals surface area contributed by atoms with Crippen molar-refractivity contribution in [2.45, 2.75) is 20.0 Å².